The summed E-state index contributed by atoms with van der Waals surface area (Å²) in [5, 5.41) is 6.22. The number of fused-ring (bicyclic) bond motifs is 1. The van der Waals surface area contributed by atoms with Gasteiger partial charge in [-0.05, 0) is 48.2 Å². The average molecular weight is 344 g/mol. The molecular formula is C18H20N2O3S. The van der Waals surface area contributed by atoms with Crippen LogP contribution in [0.1, 0.15) is 27.9 Å². The highest BCUT2D eigenvalue weighted by Crippen LogP contribution is 2.25. The van der Waals surface area contributed by atoms with Gasteiger partial charge in [-0.1, -0.05) is 18.2 Å². The molecule has 0 unspecified atom stereocenters. The average Bonchev–Trinajstić information content (AvgIpc) is 2.59. The predicted molar refractivity (Wildman–Crippen MR) is 94.0 cm³/mol. The van der Waals surface area contributed by atoms with E-state index < -0.39 is 9.84 Å². The van der Waals surface area contributed by atoms with Crippen molar-refractivity contribution in [3.63, 3.8) is 0 Å². The lowest BCUT2D eigenvalue weighted by atomic mass is 9.97. The number of sulfone groups is 1. The van der Waals surface area contributed by atoms with Crippen LogP contribution in [0.15, 0.2) is 47.4 Å². The van der Waals surface area contributed by atoms with Crippen molar-refractivity contribution in [1.82, 2.24) is 5.32 Å². The zero-order valence-corrected chi connectivity index (χ0v) is 14.3. The molecule has 24 heavy (non-hydrogen) atoms. The molecular weight excluding hydrogens is 324 g/mol. The number of hydrogen-bond donors (Lipinski definition) is 2. The molecule has 0 radical (unpaired) electrons. The van der Waals surface area contributed by atoms with Gasteiger partial charge in [0.05, 0.1) is 4.90 Å². The first-order chi connectivity index (χ1) is 11.4. The van der Waals surface area contributed by atoms with Gasteiger partial charge in [0.15, 0.2) is 9.84 Å². The summed E-state index contributed by atoms with van der Waals surface area (Å²) in [6.07, 6.45) is 3.09. The highest BCUT2D eigenvalue weighted by atomic mass is 32.2. The van der Waals surface area contributed by atoms with Crippen molar-refractivity contribution in [2.45, 2.75) is 24.3 Å². The Balaban J connectivity index is 1.70. The van der Waals surface area contributed by atoms with Crippen LogP contribution in [0.3, 0.4) is 0 Å². The Morgan fingerprint density at radius 2 is 1.92 bits per heavy atom. The molecule has 5 nitrogen and oxygen atoms in total. The molecule has 0 aliphatic carbocycles. The third-order valence-electron chi connectivity index (χ3n) is 4.14. The second-order valence-electron chi connectivity index (χ2n) is 5.96. The number of benzene rings is 2. The smallest absolute Gasteiger partial charge is 0.251 e. The Bertz CT molecular complexity index is 858. The van der Waals surface area contributed by atoms with E-state index in [1.54, 1.807) is 24.3 Å². The van der Waals surface area contributed by atoms with Gasteiger partial charge >= 0.3 is 0 Å². The molecule has 2 aromatic carbocycles. The fourth-order valence-electron chi connectivity index (χ4n) is 2.85. The van der Waals surface area contributed by atoms with Crippen LogP contribution in [-0.2, 0) is 22.8 Å². The Labute approximate surface area is 142 Å². The van der Waals surface area contributed by atoms with Gasteiger partial charge in [-0.25, -0.2) is 8.42 Å². The first-order valence-corrected chi connectivity index (χ1v) is 9.77. The highest BCUT2D eigenvalue weighted by Gasteiger charge is 2.17. The van der Waals surface area contributed by atoms with Crippen molar-refractivity contribution < 1.29 is 13.2 Å². The van der Waals surface area contributed by atoms with Crippen molar-refractivity contribution in [2.24, 2.45) is 0 Å². The van der Waals surface area contributed by atoms with Gasteiger partial charge in [0.1, 0.15) is 0 Å². The first-order valence-electron chi connectivity index (χ1n) is 7.88. The molecule has 1 amide bonds. The fraction of sp³-hybridized carbons (Fsp3) is 0.278. The van der Waals surface area contributed by atoms with Crippen LogP contribution in [0.2, 0.25) is 0 Å². The molecule has 0 spiro atoms. The minimum Gasteiger partial charge on any atom is -0.385 e. The molecule has 0 atom stereocenters. The van der Waals surface area contributed by atoms with E-state index in [2.05, 4.69) is 10.6 Å². The topological polar surface area (TPSA) is 75.3 Å². The third kappa shape index (κ3) is 3.59. The van der Waals surface area contributed by atoms with E-state index >= 15 is 0 Å². The number of carbonyl (C=O) groups is 1. The van der Waals surface area contributed by atoms with Crippen molar-refractivity contribution in [2.75, 3.05) is 18.1 Å². The normalized spacial score (nSPS) is 13.7. The minimum atomic E-state index is -3.20. The quantitative estimate of drug-likeness (QED) is 0.893. The number of amides is 1. The van der Waals surface area contributed by atoms with Crippen LogP contribution < -0.4 is 10.6 Å². The lowest BCUT2D eigenvalue weighted by molar-refractivity contribution is 0.0950. The van der Waals surface area contributed by atoms with Gasteiger partial charge in [-0.15, -0.1) is 0 Å². The number of nitrogens with one attached hydrogen (secondary N) is 2. The molecule has 3 rings (SSSR count). The number of hydrogen-bond acceptors (Lipinski definition) is 4. The SMILES string of the molecule is CS(=O)(=O)c1ccc(CNC(=O)c2cccc3c2CCCN3)cc1. The summed E-state index contributed by atoms with van der Waals surface area (Å²) < 4.78 is 22.9. The molecule has 0 bridgehead atoms. The Kier molecular flexibility index (Phi) is 4.57. The lowest BCUT2D eigenvalue weighted by Gasteiger charge is -2.20. The van der Waals surface area contributed by atoms with E-state index in [-0.39, 0.29) is 10.8 Å². The standard InChI is InChI=1S/C18H20N2O3S/c1-24(22,23)14-9-7-13(8-10-14)12-20-18(21)16-4-2-6-17-15(16)5-3-11-19-17/h2,4,6-10,19H,3,5,11-12H2,1H3,(H,20,21). The Hall–Kier alpha value is -2.34. The third-order valence-corrected chi connectivity index (χ3v) is 5.27. The van der Waals surface area contributed by atoms with E-state index in [9.17, 15) is 13.2 Å². The maximum atomic E-state index is 12.5. The summed E-state index contributed by atoms with van der Waals surface area (Å²) in [6.45, 7) is 1.30. The van der Waals surface area contributed by atoms with Gasteiger partial charge in [-0.2, -0.15) is 0 Å². The molecule has 126 valence electrons. The Morgan fingerprint density at radius 1 is 1.17 bits per heavy atom. The molecule has 2 aromatic rings. The predicted octanol–water partition coefficient (Wildman–Crippen LogP) is 2.38. The molecule has 6 heteroatoms. The van der Waals surface area contributed by atoms with E-state index in [4.69, 9.17) is 0 Å². The van der Waals surface area contributed by atoms with Crippen LogP contribution in [0.25, 0.3) is 0 Å². The van der Waals surface area contributed by atoms with Crippen LogP contribution in [0, 0.1) is 0 Å². The number of carbonyl (C=O) groups excluding carboxylic acids is 1. The zero-order valence-electron chi connectivity index (χ0n) is 13.5. The lowest BCUT2D eigenvalue weighted by Crippen LogP contribution is -2.25. The van der Waals surface area contributed by atoms with E-state index in [0.29, 0.717) is 12.1 Å². The maximum Gasteiger partial charge on any atom is 0.251 e. The molecule has 0 saturated carbocycles. The molecule has 1 aliphatic heterocycles. The van der Waals surface area contributed by atoms with Crippen molar-refractivity contribution in [3.8, 4) is 0 Å². The van der Waals surface area contributed by atoms with Crippen LogP contribution in [0.4, 0.5) is 5.69 Å². The molecule has 0 aromatic heterocycles. The molecule has 0 fully saturated rings. The summed E-state index contributed by atoms with van der Waals surface area (Å²) in [7, 11) is -3.20. The minimum absolute atomic E-state index is 0.109. The summed E-state index contributed by atoms with van der Waals surface area (Å²) >= 11 is 0. The van der Waals surface area contributed by atoms with Crippen LogP contribution in [0.5, 0.6) is 0 Å². The van der Waals surface area contributed by atoms with Crippen molar-refractivity contribution in [3.05, 3.63) is 59.2 Å². The summed E-state index contributed by atoms with van der Waals surface area (Å²) in [4.78, 5) is 12.8. The second kappa shape index (κ2) is 6.65. The molecule has 0 saturated heterocycles. The Morgan fingerprint density at radius 3 is 2.62 bits per heavy atom. The van der Waals surface area contributed by atoms with Gasteiger partial charge in [0, 0.05) is 30.6 Å². The number of rotatable bonds is 4. The van der Waals surface area contributed by atoms with Gasteiger partial charge in [0.2, 0.25) is 0 Å². The summed E-state index contributed by atoms with van der Waals surface area (Å²) in [6, 6.07) is 12.3. The van der Waals surface area contributed by atoms with Crippen LogP contribution in [-0.4, -0.2) is 27.1 Å². The molecule has 2 N–H and O–H groups in total. The van der Waals surface area contributed by atoms with Crippen molar-refractivity contribution >= 4 is 21.4 Å². The summed E-state index contributed by atoms with van der Waals surface area (Å²) in [5.74, 6) is -0.109. The van der Waals surface area contributed by atoms with E-state index in [1.165, 1.54) is 6.26 Å². The molecule has 1 heterocycles. The van der Waals surface area contributed by atoms with E-state index in [1.807, 2.05) is 18.2 Å². The highest BCUT2D eigenvalue weighted by molar-refractivity contribution is 7.90. The molecule has 1 aliphatic rings. The van der Waals surface area contributed by atoms with Gasteiger partial charge in [-0.3, -0.25) is 4.79 Å². The largest absolute Gasteiger partial charge is 0.385 e. The fourth-order valence-corrected chi connectivity index (χ4v) is 3.49. The maximum absolute atomic E-state index is 12.5. The first kappa shape index (κ1) is 16.5. The monoisotopic (exact) mass is 344 g/mol. The summed E-state index contributed by atoms with van der Waals surface area (Å²) in [5.41, 5.74) is 3.66. The van der Waals surface area contributed by atoms with Crippen molar-refractivity contribution in [1.29, 1.82) is 0 Å². The second-order valence-corrected chi connectivity index (χ2v) is 7.98. The van der Waals surface area contributed by atoms with E-state index in [0.717, 1.165) is 36.2 Å². The zero-order chi connectivity index (χ0) is 17.2. The van der Waals surface area contributed by atoms with Gasteiger partial charge < -0.3 is 10.6 Å². The number of anilines is 1. The van der Waals surface area contributed by atoms with Crippen LogP contribution >= 0.6 is 0 Å². The van der Waals surface area contributed by atoms with Gasteiger partial charge in [0.25, 0.3) is 5.91 Å².